The molecule has 0 aromatic heterocycles. The molecule has 2 heteroatoms. The predicted octanol–water partition coefficient (Wildman–Crippen LogP) is 5.13. The van der Waals surface area contributed by atoms with Gasteiger partial charge in [0.2, 0.25) is 0 Å². The van der Waals surface area contributed by atoms with Crippen molar-refractivity contribution in [1.82, 2.24) is 0 Å². The fourth-order valence-electron chi connectivity index (χ4n) is 1.86. The minimum absolute atomic E-state index is 0.0437. The molecule has 0 heterocycles. The van der Waals surface area contributed by atoms with Crippen molar-refractivity contribution in [1.29, 1.82) is 0 Å². The number of aliphatic imine (C=N–C) groups is 1. The second-order valence-electron chi connectivity index (χ2n) is 4.39. The Kier molecular flexibility index (Phi) is 8.46. The Hall–Kier alpha value is -1.70. The van der Waals surface area contributed by atoms with E-state index in [2.05, 4.69) is 31.0 Å². The second kappa shape index (κ2) is 9.24. The molecule has 0 unspecified atom stereocenters. The maximum absolute atomic E-state index is 11.5. The fourth-order valence-corrected chi connectivity index (χ4v) is 1.86. The van der Waals surface area contributed by atoms with Crippen LogP contribution in [0.3, 0.4) is 0 Å². The van der Waals surface area contributed by atoms with Gasteiger partial charge in [-0.1, -0.05) is 45.0 Å². The molecule has 110 valence electrons. The van der Waals surface area contributed by atoms with Crippen molar-refractivity contribution in [2.24, 2.45) is 4.99 Å². The Balaban J connectivity index is 0.00000172. The summed E-state index contributed by atoms with van der Waals surface area (Å²) in [5, 5.41) is 0. The standard InChI is InChI=1S/C16H21NO.C2H6/c1-6-15(13(5)18)17-16(7-2)14-10-8-9-11(3)12(14)4;1-2/h7-10H,6H2,1-5H3;1-2H3/b16-7-,17-15?;. The predicted molar refractivity (Wildman–Crippen MR) is 89.3 cm³/mol. The number of nitrogens with zero attached hydrogens (tertiary/aromatic N) is 1. The molecule has 0 fully saturated rings. The summed E-state index contributed by atoms with van der Waals surface area (Å²) in [5.41, 5.74) is 5.06. The van der Waals surface area contributed by atoms with E-state index in [1.807, 2.05) is 39.8 Å². The Labute approximate surface area is 123 Å². The van der Waals surface area contributed by atoms with Gasteiger partial charge in [0.25, 0.3) is 0 Å². The SMILES string of the molecule is C/C=C(\N=C(CC)C(C)=O)c1cccc(C)c1C.CC. The lowest BCUT2D eigenvalue weighted by molar-refractivity contribution is -0.111. The highest BCUT2D eigenvalue weighted by molar-refractivity contribution is 6.39. The molecule has 0 aliphatic rings. The van der Waals surface area contributed by atoms with Crippen LogP contribution in [-0.4, -0.2) is 11.5 Å². The molecule has 0 saturated heterocycles. The van der Waals surface area contributed by atoms with E-state index in [-0.39, 0.29) is 5.78 Å². The van der Waals surface area contributed by atoms with Crippen LogP contribution in [0.25, 0.3) is 5.70 Å². The van der Waals surface area contributed by atoms with Gasteiger partial charge in [-0.15, -0.1) is 0 Å². The van der Waals surface area contributed by atoms with Crippen LogP contribution < -0.4 is 0 Å². The number of aryl methyl sites for hydroxylation is 1. The number of carbonyl (C=O) groups excluding carboxylic acids is 1. The number of Topliss-reactive ketones (excluding diaryl/α,β-unsaturated/α-hetero) is 1. The molecule has 0 atom stereocenters. The number of allylic oxidation sites excluding steroid dienone is 1. The van der Waals surface area contributed by atoms with Crippen LogP contribution in [0.2, 0.25) is 0 Å². The van der Waals surface area contributed by atoms with E-state index in [0.717, 1.165) is 11.3 Å². The molecule has 1 aromatic carbocycles. The lowest BCUT2D eigenvalue weighted by Gasteiger charge is -2.10. The summed E-state index contributed by atoms with van der Waals surface area (Å²) < 4.78 is 0. The maximum Gasteiger partial charge on any atom is 0.173 e. The van der Waals surface area contributed by atoms with Crippen molar-refractivity contribution in [3.8, 4) is 0 Å². The molecule has 2 nitrogen and oxygen atoms in total. The molecule has 1 rings (SSSR count). The zero-order chi connectivity index (χ0) is 15.7. The first-order chi connectivity index (χ1) is 9.51. The zero-order valence-electron chi connectivity index (χ0n) is 13.9. The van der Waals surface area contributed by atoms with Crippen LogP contribution in [0.1, 0.15) is 57.7 Å². The highest BCUT2D eigenvalue weighted by Gasteiger charge is 2.08. The lowest BCUT2D eigenvalue weighted by Crippen LogP contribution is -2.08. The molecular weight excluding hydrogens is 246 g/mol. The third-order valence-electron chi connectivity index (χ3n) is 3.15. The van der Waals surface area contributed by atoms with Crippen molar-refractivity contribution in [2.75, 3.05) is 0 Å². The van der Waals surface area contributed by atoms with Gasteiger partial charge >= 0.3 is 0 Å². The van der Waals surface area contributed by atoms with Crippen LogP contribution in [-0.2, 0) is 4.79 Å². The summed E-state index contributed by atoms with van der Waals surface area (Å²) in [5.74, 6) is 0.0437. The van der Waals surface area contributed by atoms with E-state index in [9.17, 15) is 4.79 Å². The Morgan fingerprint density at radius 3 is 2.30 bits per heavy atom. The van der Waals surface area contributed by atoms with Crippen LogP contribution in [0.15, 0.2) is 29.3 Å². The number of benzene rings is 1. The van der Waals surface area contributed by atoms with Gasteiger partial charge in [-0.05, 0) is 38.3 Å². The summed E-state index contributed by atoms with van der Waals surface area (Å²) in [6.07, 6.45) is 2.62. The largest absolute Gasteiger partial charge is 0.293 e. The normalized spacial score (nSPS) is 11.8. The van der Waals surface area contributed by atoms with E-state index in [1.54, 1.807) is 6.92 Å². The van der Waals surface area contributed by atoms with Gasteiger partial charge in [-0.2, -0.15) is 0 Å². The van der Waals surface area contributed by atoms with Gasteiger partial charge in [-0.3, -0.25) is 4.79 Å². The summed E-state index contributed by atoms with van der Waals surface area (Å²) in [4.78, 5) is 16.0. The van der Waals surface area contributed by atoms with Gasteiger partial charge in [0, 0.05) is 12.5 Å². The first-order valence-electron chi connectivity index (χ1n) is 7.32. The van der Waals surface area contributed by atoms with Gasteiger partial charge in [0.15, 0.2) is 5.78 Å². The van der Waals surface area contributed by atoms with Crippen LogP contribution in [0.4, 0.5) is 0 Å². The molecule has 0 amide bonds. The monoisotopic (exact) mass is 273 g/mol. The summed E-state index contributed by atoms with van der Waals surface area (Å²) in [6, 6.07) is 6.16. The molecule has 0 aliphatic carbocycles. The van der Waals surface area contributed by atoms with Crippen molar-refractivity contribution in [2.45, 2.75) is 54.9 Å². The summed E-state index contributed by atoms with van der Waals surface area (Å²) in [7, 11) is 0. The molecule has 0 saturated carbocycles. The van der Waals surface area contributed by atoms with E-state index in [0.29, 0.717) is 12.1 Å². The molecule has 0 radical (unpaired) electrons. The lowest BCUT2D eigenvalue weighted by atomic mass is 10.0. The highest BCUT2D eigenvalue weighted by Crippen LogP contribution is 2.23. The van der Waals surface area contributed by atoms with Crippen molar-refractivity contribution in [3.05, 3.63) is 41.0 Å². The summed E-state index contributed by atoms with van der Waals surface area (Å²) in [6.45, 7) is 13.6. The number of rotatable bonds is 4. The van der Waals surface area contributed by atoms with E-state index in [4.69, 9.17) is 0 Å². The molecule has 0 aliphatic heterocycles. The molecule has 1 aromatic rings. The zero-order valence-corrected chi connectivity index (χ0v) is 13.9. The molecule has 20 heavy (non-hydrogen) atoms. The van der Waals surface area contributed by atoms with Crippen LogP contribution >= 0.6 is 0 Å². The van der Waals surface area contributed by atoms with Gasteiger partial charge in [-0.25, -0.2) is 4.99 Å². The van der Waals surface area contributed by atoms with Crippen LogP contribution in [0, 0.1) is 13.8 Å². The van der Waals surface area contributed by atoms with E-state index >= 15 is 0 Å². The molecule has 0 spiro atoms. The average Bonchev–Trinajstić information content (AvgIpc) is 2.45. The van der Waals surface area contributed by atoms with Crippen molar-refractivity contribution < 1.29 is 4.79 Å². The first-order valence-corrected chi connectivity index (χ1v) is 7.32. The topological polar surface area (TPSA) is 29.4 Å². The van der Waals surface area contributed by atoms with Gasteiger partial charge in [0.1, 0.15) is 0 Å². The van der Waals surface area contributed by atoms with E-state index < -0.39 is 0 Å². The van der Waals surface area contributed by atoms with Gasteiger partial charge in [0.05, 0.1) is 11.4 Å². The highest BCUT2D eigenvalue weighted by atomic mass is 16.1. The Bertz CT molecular complexity index is 510. The Morgan fingerprint density at radius 1 is 1.25 bits per heavy atom. The fraction of sp³-hybridized carbons (Fsp3) is 0.444. The average molecular weight is 273 g/mol. The third-order valence-corrected chi connectivity index (χ3v) is 3.15. The smallest absolute Gasteiger partial charge is 0.173 e. The van der Waals surface area contributed by atoms with Crippen LogP contribution in [0.5, 0.6) is 0 Å². The van der Waals surface area contributed by atoms with Crippen molar-refractivity contribution >= 4 is 17.2 Å². The molecular formula is C18H27NO. The van der Waals surface area contributed by atoms with Gasteiger partial charge < -0.3 is 0 Å². The molecule has 0 bridgehead atoms. The summed E-state index contributed by atoms with van der Waals surface area (Å²) >= 11 is 0. The minimum atomic E-state index is 0.0437. The number of ketones is 1. The van der Waals surface area contributed by atoms with Crippen molar-refractivity contribution in [3.63, 3.8) is 0 Å². The maximum atomic E-state index is 11.5. The quantitative estimate of drug-likeness (QED) is 0.699. The third kappa shape index (κ3) is 4.76. The molecule has 0 N–H and O–H groups in total. The Morgan fingerprint density at radius 2 is 1.85 bits per heavy atom. The number of hydrogen-bond donors (Lipinski definition) is 0. The van der Waals surface area contributed by atoms with E-state index in [1.165, 1.54) is 11.1 Å². The minimum Gasteiger partial charge on any atom is -0.293 e. The number of carbonyl (C=O) groups is 1. The first kappa shape index (κ1) is 18.3. The second-order valence-corrected chi connectivity index (χ2v) is 4.39. The number of hydrogen-bond acceptors (Lipinski definition) is 2.